The third kappa shape index (κ3) is 5.74. The molecule has 0 saturated heterocycles. The minimum absolute atomic E-state index is 0.0786. The van der Waals surface area contributed by atoms with Gasteiger partial charge < -0.3 is 15.4 Å². The van der Waals surface area contributed by atoms with E-state index in [9.17, 15) is 8.78 Å². The Morgan fingerprint density at radius 1 is 1.28 bits per heavy atom. The summed E-state index contributed by atoms with van der Waals surface area (Å²) in [4.78, 5) is 8.24. The summed E-state index contributed by atoms with van der Waals surface area (Å²) in [6.45, 7) is 0.757. The first-order valence-electron chi connectivity index (χ1n) is 8.09. The molecule has 1 aromatic carbocycles. The second-order valence-electron chi connectivity index (χ2n) is 5.25. The lowest BCUT2D eigenvalue weighted by atomic mass is 10.1. The highest BCUT2D eigenvalue weighted by Gasteiger charge is 2.10. The molecule has 0 saturated carbocycles. The number of nitrogens with zero attached hydrogens (tertiary/aromatic N) is 3. The Balaban J connectivity index is 1.89. The Hall–Kier alpha value is -2.64. The fourth-order valence-corrected chi connectivity index (χ4v) is 2.25. The number of benzene rings is 1. The standard InChI is InChI=1S/C17H23F2N5O/c1-3-20-17(23-12-15-21-10-11-24(15)16(18)19)22-9-8-13-4-6-14(25-2)7-5-13/h4-7,10-11,16H,3,8-9,12H2,1-2H3,(H2,20,22,23). The summed E-state index contributed by atoms with van der Waals surface area (Å²) in [7, 11) is 1.63. The predicted molar refractivity (Wildman–Crippen MR) is 93.0 cm³/mol. The first kappa shape index (κ1) is 18.7. The van der Waals surface area contributed by atoms with Gasteiger partial charge in [0.25, 0.3) is 0 Å². The van der Waals surface area contributed by atoms with Crippen molar-refractivity contribution < 1.29 is 13.5 Å². The molecule has 1 heterocycles. The Morgan fingerprint density at radius 3 is 2.68 bits per heavy atom. The van der Waals surface area contributed by atoms with Gasteiger partial charge in [-0.25, -0.2) is 9.98 Å². The summed E-state index contributed by atoms with van der Waals surface area (Å²) in [5.74, 6) is 1.61. The number of nitrogens with one attached hydrogen (secondary N) is 2. The fourth-order valence-electron chi connectivity index (χ4n) is 2.25. The highest BCUT2D eigenvalue weighted by atomic mass is 19.3. The van der Waals surface area contributed by atoms with Crippen molar-refractivity contribution in [1.29, 1.82) is 0 Å². The van der Waals surface area contributed by atoms with Gasteiger partial charge in [0.1, 0.15) is 18.1 Å². The number of aromatic nitrogens is 2. The second-order valence-corrected chi connectivity index (χ2v) is 5.25. The molecule has 1 aromatic heterocycles. The van der Waals surface area contributed by atoms with E-state index in [0.29, 0.717) is 19.0 Å². The van der Waals surface area contributed by atoms with Gasteiger partial charge in [0, 0.05) is 25.5 Å². The molecule has 136 valence electrons. The molecule has 8 heteroatoms. The van der Waals surface area contributed by atoms with Crippen molar-refractivity contribution in [1.82, 2.24) is 20.2 Å². The van der Waals surface area contributed by atoms with Gasteiger partial charge in [-0.1, -0.05) is 12.1 Å². The van der Waals surface area contributed by atoms with Crippen molar-refractivity contribution in [2.45, 2.75) is 26.4 Å². The minimum Gasteiger partial charge on any atom is -0.497 e. The molecule has 0 aliphatic heterocycles. The van der Waals surface area contributed by atoms with Crippen LogP contribution in [0, 0.1) is 0 Å². The summed E-state index contributed by atoms with van der Waals surface area (Å²) in [5.41, 5.74) is 1.16. The van der Waals surface area contributed by atoms with Gasteiger partial charge in [-0.2, -0.15) is 8.78 Å². The van der Waals surface area contributed by atoms with Crippen molar-refractivity contribution in [3.63, 3.8) is 0 Å². The van der Waals surface area contributed by atoms with E-state index >= 15 is 0 Å². The molecule has 0 atom stereocenters. The molecule has 25 heavy (non-hydrogen) atoms. The van der Waals surface area contributed by atoms with Crippen LogP contribution in [0.15, 0.2) is 41.7 Å². The molecule has 0 aliphatic rings. The monoisotopic (exact) mass is 351 g/mol. The van der Waals surface area contributed by atoms with Gasteiger partial charge in [0.05, 0.1) is 7.11 Å². The van der Waals surface area contributed by atoms with Crippen LogP contribution < -0.4 is 15.4 Å². The van der Waals surface area contributed by atoms with Crippen LogP contribution in [0.5, 0.6) is 5.75 Å². The van der Waals surface area contributed by atoms with E-state index in [4.69, 9.17) is 4.74 Å². The number of ether oxygens (including phenoxy) is 1. The van der Waals surface area contributed by atoms with Crippen molar-refractivity contribution in [3.8, 4) is 5.75 Å². The Labute approximate surface area is 145 Å². The highest BCUT2D eigenvalue weighted by Crippen LogP contribution is 2.13. The first-order valence-corrected chi connectivity index (χ1v) is 8.09. The molecule has 2 rings (SSSR count). The average Bonchev–Trinajstić information content (AvgIpc) is 3.09. The summed E-state index contributed by atoms with van der Waals surface area (Å²) in [6, 6.07) is 7.84. The van der Waals surface area contributed by atoms with Crippen LogP contribution >= 0.6 is 0 Å². The van der Waals surface area contributed by atoms with Crippen molar-refractivity contribution in [3.05, 3.63) is 48.0 Å². The molecule has 0 unspecified atom stereocenters. The summed E-state index contributed by atoms with van der Waals surface area (Å²) in [6.07, 6.45) is 3.40. The lowest BCUT2D eigenvalue weighted by molar-refractivity contribution is 0.0671. The Kier molecular flexibility index (Phi) is 7.18. The normalized spacial score (nSPS) is 11.6. The minimum atomic E-state index is -2.61. The number of hydrogen-bond acceptors (Lipinski definition) is 3. The summed E-state index contributed by atoms with van der Waals surface area (Å²) >= 11 is 0. The molecule has 0 aliphatic carbocycles. The molecule has 2 aromatic rings. The quantitative estimate of drug-likeness (QED) is 0.567. The molecule has 0 bridgehead atoms. The largest absolute Gasteiger partial charge is 0.497 e. The van der Waals surface area contributed by atoms with Crippen LogP contribution in [0.2, 0.25) is 0 Å². The van der Waals surface area contributed by atoms with E-state index < -0.39 is 6.55 Å². The third-order valence-corrected chi connectivity index (χ3v) is 3.55. The van der Waals surface area contributed by atoms with Crippen LogP contribution in [-0.4, -0.2) is 35.7 Å². The van der Waals surface area contributed by atoms with Crippen molar-refractivity contribution in [2.24, 2.45) is 4.99 Å². The van der Waals surface area contributed by atoms with Gasteiger partial charge in [0.2, 0.25) is 0 Å². The zero-order valence-electron chi connectivity index (χ0n) is 14.4. The van der Waals surface area contributed by atoms with E-state index in [0.717, 1.165) is 22.3 Å². The zero-order chi connectivity index (χ0) is 18.1. The third-order valence-electron chi connectivity index (χ3n) is 3.55. The van der Waals surface area contributed by atoms with E-state index in [1.807, 2.05) is 31.2 Å². The molecule has 0 spiro atoms. The van der Waals surface area contributed by atoms with Gasteiger partial charge in [-0.15, -0.1) is 0 Å². The topological polar surface area (TPSA) is 63.5 Å². The van der Waals surface area contributed by atoms with Crippen LogP contribution in [0.1, 0.15) is 24.9 Å². The van der Waals surface area contributed by atoms with E-state index in [-0.39, 0.29) is 12.4 Å². The van der Waals surface area contributed by atoms with Crippen LogP contribution in [0.3, 0.4) is 0 Å². The maximum absolute atomic E-state index is 12.8. The number of rotatable bonds is 8. The smallest absolute Gasteiger partial charge is 0.319 e. The van der Waals surface area contributed by atoms with E-state index in [1.54, 1.807) is 7.11 Å². The lowest BCUT2D eigenvalue weighted by Gasteiger charge is -2.12. The molecule has 0 radical (unpaired) electrons. The van der Waals surface area contributed by atoms with Crippen molar-refractivity contribution >= 4 is 5.96 Å². The molecule has 0 fully saturated rings. The van der Waals surface area contributed by atoms with Gasteiger partial charge in [-0.3, -0.25) is 4.57 Å². The second kappa shape index (κ2) is 9.61. The number of hydrogen-bond donors (Lipinski definition) is 2. The van der Waals surface area contributed by atoms with Gasteiger partial charge in [0.15, 0.2) is 5.96 Å². The number of imidazole rings is 1. The maximum Gasteiger partial charge on any atom is 0.319 e. The number of halogens is 2. The lowest BCUT2D eigenvalue weighted by Crippen LogP contribution is -2.38. The number of guanidine groups is 1. The van der Waals surface area contributed by atoms with Crippen LogP contribution in [0.25, 0.3) is 0 Å². The molecule has 0 amide bonds. The SMILES string of the molecule is CCNC(=NCc1nccn1C(F)F)NCCc1ccc(OC)cc1. The van der Waals surface area contributed by atoms with Crippen molar-refractivity contribution in [2.75, 3.05) is 20.2 Å². The summed E-state index contributed by atoms with van der Waals surface area (Å²) in [5, 5.41) is 6.28. The number of methoxy groups -OCH3 is 1. The zero-order valence-corrected chi connectivity index (χ0v) is 14.4. The van der Waals surface area contributed by atoms with E-state index in [2.05, 4.69) is 20.6 Å². The van der Waals surface area contributed by atoms with Crippen LogP contribution in [-0.2, 0) is 13.0 Å². The number of aliphatic imine (C=N–C) groups is 1. The fraction of sp³-hybridized carbons (Fsp3) is 0.412. The van der Waals surface area contributed by atoms with Crippen LogP contribution in [0.4, 0.5) is 8.78 Å². The van der Waals surface area contributed by atoms with Gasteiger partial charge >= 0.3 is 6.55 Å². The molecule has 6 nitrogen and oxygen atoms in total. The van der Waals surface area contributed by atoms with E-state index in [1.165, 1.54) is 12.4 Å². The molecule has 2 N–H and O–H groups in total. The molecular formula is C17H23F2N5O. The predicted octanol–water partition coefficient (Wildman–Crippen LogP) is 2.58. The average molecular weight is 351 g/mol. The Morgan fingerprint density at radius 2 is 2.04 bits per heavy atom. The maximum atomic E-state index is 12.8. The highest BCUT2D eigenvalue weighted by molar-refractivity contribution is 5.79. The Bertz CT molecular complexity index is 670. The number of alkyl halides is 2. The first-order chi connectivity index (χ1) is 12.1. The summed E-state index contributed by atoms with van der Waals surface area (Å²) < 4.78 is 31.6. The van der Waals surface area contributed by atoms with Gasteiger partial charge in [-0.05, 0) is 31.0 Å². The molecular weight excluding hydrogens is 328 g/mol.